The Morgan fingerprint density at radius 1 is 0.677 bits per heavy atom. The third kappa shape index (κ3) is 13.1. The molecule has 1 saturated heterocycles. The van der Waals surface area contributed by atoms with E-state index in [1.54, 1.807) is 29.2 Å². The lowest BCUT2D eigenvalue weighted by Gasteiger charge is -2.31. The Morgan fingerprint density at radius 2 is 1.26 bits per heavy atom. The highest BCUT2D eigenvalue weighted by Crippen LogP contribution is 2.34. The van der Waals surface area contributed by atoms with Crippen molar-refractivity contribution in [2.75, 3.05) is 90.5 Å². The maximum absolute atomic E-state index is 14.3. The summed E-state index contributed by atoms with van der Waals surface area (Å²) in [5, 5.41) is 22.1. The zero-order chi connectivity index (χ0) is 43.7. The standard InChI is InChI=1S/C46H54N6O10/c1-33-30-34-8-2-3-9-35(34)31-52(41-15-5-4-11-37(33)41)42(53)16-17-47-44(54)43(38-12-7-14-40(49-38)46(57)58)51-20-24-61-28-26-59-22-18-50(19-23-60-27-29-62-25-21-51)32-36-10-6-13-39(48-36)45(55)56/h2-15,43H,1,16-32H2,(H,47,54)(H,55,56)(H,57,58). The van der Waals surface area contributed by atoms with E-state index in [0.29, 0.717) is 64.7 Å². The van der Waals surface area contributed by atoms with Crippen molar-refractivity contribution in [2.45, 2.75) is 32.0 Å². The molecule has 0 bridgehead atoms. The predicted octanol–water partition coefficient (Wildman–Crippen LogP) is 4.11. The minimum atomic E-state index is -1.23. The summed E-state index contributed by atoms with van der Waals surface area (Å²) in [6.07, 6.45) is 0.674. The summed E-state index contributed by atoms with van der Waals surface area (Å²) in [6.45, 7) is 9.14. The summed E-state index contributed by atoms with van der Waals surface area (Å²) >= 11 is 0. The molecule has 0 saturated carbocycles. The molecule has 1 fully saturated rings. The number of hydrogen-bond acceptors (Lipinski definition) is 12. The van der Waals surface area contributed by atoms with Gasteiger partial charge in [0, 0.05) is 51.3 Å². The van der Waals surface area contributed by atoms with Crippen molar-refractivity contribution in [3.63, 3.8) is 0 Å². The molecule has 1 atom stereocenters. The molecule has 3 N–H and O–H groups in total. The summed E-state index contributed by atoms with van der Waals surface area (Å²) in [4.78, 5) is 66.0. The quantitative estimate of drug-likeness (QED) is 0.207. The van der Waals surface area contributed by atoms with Crippen molar-refractivity contribution in [3.8, 4) is 0 Å². The van der Waals surface area contributed by atoms with Crippen molar-refractivity contribution in [2.24, 2.45) is 0 Å². The molecule has 16 heteroatoms. The van der Waals surface area contributed by atoms with Gasteiger partial charge in [0.05, 0.1) is 76.5 Å². The molecule has 2 amide bonds. The second-order valence-electron chi connectivity index (χ2n) is 14.8. The van der Waals surface area contributed by atoms with Crippen LogP contribution in [0.25, 0.3) is 5.57 Å². The molecule has 16 nitrogen and oxygen atoms in total. The van der Waals surface area contributed by atoms with Crippen LogP contribution in [0.4, 0.5) is 5.69 Å². The Hall–Kier alpha value is -5.88. The number of carboxylic acid groups (broad SMARTS) is 2. The van der Waals surface area contributed by atoms with Gasteiger partial charge in [-0.05, 0) is 53.5 Å². The van der Waals surface area contributed by atoms with E-state index < -0.39 is 23.9 Å². The average molecular weight is 851 g/mol. The fourth-order valence-electron chi connectivity index (χ4n) is 7.38. The molecule has 0 spiro atoms. The number of carboxylic acids is 2. The van der Waals surface area contributed by atoms with E-state index in [0.717, 1.165) is 28.0 Å². The van der Waals surface area contributed by atoms with Crippen molar-refractivity contribution >= 4 is 35.0 Å². The van der Waals surface area contributed by atoms with Gasteiger partial charge in [-0.25, -0.2) is 19.6 Å². The fraction of sp³-hybridized carbons (Fsp3) is 0.391. The third-order valence-electron chi connectivity index (χ3n) is 10.6. The molecule has 328 valence electrons. The fourth-order valence-corrected chi connectivity index (χ4v) is 7.38. The van der Waals surface area contributed by atoms with E-state index in [2.05, 4.69) is 32.8 Å². The normalized spacial score (nSPS) is 17.2. The molecule has 2 aliphatic heterocycles. The molecule has 2 aromatic heterocycles. The highest BCUT2D eigenvalue weighted by atomic mass is 16.5. The van der Waals surface area contributed by atoms with Crippen LogP contribution in [0.5, 0.6) is 0 Å². The minimum Gasteiger partial charge on any atom is -0.477 e. The molecule has 4 heterocycles. The first-order chi connectivity index (χ1) is 30.2. The van der Waals surface area contributed by atoms with Gasteiger partial charge in [0.2, 0.25) is 11.8 Å². The molecule has 62 heavy (non-hydrogen) atoms. The first-order valence-electron chi connectivity index (χ1n) is 20.8. The van der Waals surface area contributed by atoms with Crippen molar-refractivity contribution < 1.29 is 48.3 Å². The predicted molar refractivity (Wildman–Crippen MR) is 230 cm³/mol. The van der Waals surface area contributed by atoms with Crippen LogP contribution in [-0.4, -0.2) is 139 Å². The number of amides is 2. The second kappa shape index (κ2) is 23.4. The van der Waals surface area contributed by atoms with Crippen molar-refractivity contribution in [3.05, 3.63) is 131 Å². The SMILES string of the molecule is C=C1Cc2ccccc2CN(C(=O)CCNC(=O)C(c2cccc(C(=O)O)n2)N2CCOCCOCCN(Cc3cccc(C(=O)O)n3)CCOCCOCC2)c2ccccc21. The Labute approximate surface area is 361 Å². The van der Waals surface area contributed by atoms with Gasteiger partial charge in [0.1, 0.15) is 17.4 Å². The summed E-state index contributed by atoms with van der Waals surface area (Å²) in [6, 6.07) is 24.1. The number of allylic oxidation sites excluding steroid dienone is 1. The van der Waals surface area contributed by atoms with Gasteiger partial charge >= 0.3 is 11.9 Å². The summed E-state index contributed by atoms with van der Waals surface area (Å²) in [5.74, 6) is -2.95. The lowest BCUT2D eigenvalue weighted by molar-refractivity contribution is -0.127. The zero-order valence-corrected chi connectivity index (χ0v) is 34.8. The Balaban J connectivity index is 1.11. The van der Waals surface area contributed by atoms with Crippen LogP contribution in [0, 0.1) is 0 Å². The van der Waals surface area contributed by atoms with Crippen LogP contribution >= 0.6 is 0 Å². The molecule has 2 aromatic carbocycles. The molecule has 0 radical (unpaired) electrons. The first-order valence-corrected chi connectivity index (χ1v) is 20.8. The minimum absolute atomic E-state index is 0.00279. The number of nitrogens with one attached hydrogen (secondary N) is 1. The maximum Gasteiger partial charge on any atom is 0.354 e. The van der Waals surface area contributed by atoms with Crippen LogP contribution < -0.4 is 10.2 Å². The van der Waals surface area contributed by atoms with E-state index in [-0.39, 0.29) is 75.5 Å². The van der Waals surface area contributed by atoms with Gasteiger partial charge in [0.15, 0.2) is 0 Å². The molecule has 4 aromatic rings. The number of aromatic nitrogens is 2. The highest BCUT2D eigenvalue weighted by molar-refractivity contribution is 5.97. The number of fused-ring (bicyclic) bond motifs is 2. The lowest BCUT2D eigenvalue weighted by Crippen LogP contribution is -2.45. The number of aromatic carboxylic acids is 2. The van der Waals surface area contributed by atoms with Gasteiger partial charge in [0.25, 0.3) is 0 Å². The topological polar surface area (TPSA) is 193 Å². The van der Waals surface area contributed by atoms with Gasteiger partial charge < -0.3 is 39.4 Å². The number of benzene rings is 2. The van der Waals surface area contributed by atoms with Gasteiger partial charge in [-0.1, -0.05) is 61.2 Å². The van der Waals surface area contributed by atoms with Gasteiger partial charge in [-0.2, -0.15) is 0 Å². The number of anilines is 1. The molecular formula is C46H54N6O10. The molecular weight excluding hydrogens is 797 g/mol. The van der Waals surface area contributed by atoms with E-state index in [9.17, 15) is 29.4 Å². The number of hydrogen-bond donors (Lipinski definition) is 3. The van der Waals surface area contributed by atoms with Gasteiger partial charge in [-0.3, -0.25) is 19.4 Å². The molecule has 1 unspecified atom stereocenters. The maximum atomic E-state index is 14.3. The highest BCUT2D eigenvalue weighted by Gasteiger charge is 2.30. The van der Waals surface area contributed by atoms with Crippen LogP contribution in [0.15, 0.2) is 91.5 Å². The van der Waals surface area contributed by atoms with E-state index >= 15 is 0 Å². The van der Waals surface area contributed by atoms with E-state index in [4.69, 9.17) is 18.9 Å². The van der Waals surface area contributed by atoms with Crippen LogP contribution in [0.1, 0.15) is 61.5 Å². The smallest absolute Gasteiger partial charge is 0.354 e. The molecule has 2 aliphatic rings. The number of nitrogens with zero attached hydrogens (tertiary/aromatic N) is 5. The Kier molecular flexibility index (Phi) is 17.2. The third-order valence-corrected chi connectivity index (χ3v) is 10.6. The van der Waals surface area contributed by atoms with Crippen molar-refractivity contribution in [1.82, 2.24) is 25.1 Å². The van der Waals surface area contributed by atoms with Crippen molar-refractivity contribution in [1.29, 1.82) is 0 Å². The summed E-state index contributed by atoms with van der Waals surface area (Å²) in [5.41, 5.74) is 5.31. The summed E-state index contributed by atoms with van der Waals surface area (Å²) < 4.78 is 23.6. The monoisotopic (exact) mass is 850 g/mol. The van der Waals surface area contributed by atoms with Gasteiger partial charge in [-0.15, -0.1) is 0 Å². The zero-order valence-electron chi connectivity index (χ0n) is 34.8. The number of carbonyl (C=O) groups is 4. The number of ether oxygens (including phenoxy) is 4. The Morgan fingerprint density at radius 3 is 1.92 bits per heavy atom. The van der Waals surface area contributed by atoms with Crippen LogP contribution in [0.2, 0.25) is 0 Å². The number of rotatable bonds is 10. The molecule has 6 rings (SSSR count). The number of carbonyl (C=O) groups excluding carboxylic acids is 2. The largest absolute Gasteiger partial charge is 0.477 e. The number of para-hydroxylation sites is 1. The average Bonchev–Trinajstić information content (AvgIpc) is 3.26. The second-order valence-corrected chi connectivity index (χ2v) is 14.8. The Bertz CT molecular complexity index is 2150. The molecule has 0 aliphatic carbocycles. The van der Waals surface area contributed by atoms with E-state index in [1.165, 1.54) is 12.1 Å². The summed E-state index contributed by atoms with van der Waals surface area (Å²) in [7, 11) is 0. The van der Waals surface area contributed by atoms with Crippen LogP contribution in [-0.2, 0) is 48.0 Å². The van der Waals surface area contributed by atoms with Crippen LogP contribution in [0.3, 0.4) is 0 Å². The first kappa shape index (κ1) is 45.6. The lowest BCUT2D eigenvalue weighted by atomic mass is 9.92. The van der Waals surface area contributed by atoms with E-state index in [1.807, 2.05) is 47.4 Å². The number of pyridine rings is 2.